The third kappa shape index (κ3) is 3.58. The molecule has 1 aromatic heterocycles. The molecule has 0 atom stereocenters. The lowest BCUT2D eigenvalue weighted by molar-refractivity contribution is 0.291. The number of sulfonamides is 1. The standard InChI is InChI=1S/C15H17ClN2O3S/c1-12-10-14(11-17-15(12)16)22(20,21)18(8-5-9-19)13-6-3-2-4-7-13/h2-4,6-7,10-11,19H,5,8-9H2,1H3. The largest absolute Gasteiger partial charge is 0.396 e. The van der Waals surface area contributed by atoms with Crippen LogP contribution in [0.5, 0.6) is 0 Å². The molecule has 0 bridgehead atoms. The molecule has 0 aliphatic carbocycles. The summed E-state index contributed by atoms with van der Waals surface area (Å²) >= 11 is 5.86. The van der Waals surface area contributed by atoms with Gasteiger partial charge in [0.15, 0.2) is 0 Å². The van der Waals surface area contributed by atoms with E-state index in [0.29, 0.717) is 17.7 Å². The molecule has 0 unspecified atom stereocenters. The van der Waals surface area contributed by atoms with Crippen LogP contribution in [-0.2, 0) is 10.0 Å². The number of aliphatic hydroxyl groups is 1. The quantitative estimate of drug-likeness (QED) is 0.821. The van der Waals surface area contributed by atoms with Crippen molar-refractivity contribution in [2.75, 3.05) is 17.5 Å². The summed E-state index contributed by atoms with van der Waals surface area (Å²) in [6, 6.07) is 10.3. The second kappa shape index (κ2) is 7.09. The Morgan fingerprint density at radius 3 is 2.55 bits per heavy atom. The summed E-state index contributed by atoms with van der Waals surface area (Å²) in [6.45, 7) is 1.80. The minimum atomic E-state index is -3.76. The number of nitrogens with zero attached hydrogens (tertiary/aromatic N) is 2. The highest BCUT2D eigenvalue weighted by Crippen LogP contribution is 2.25. The van der Waals surface area contributed by atoms with Crippen LogP contribution in [-0.4, -0.2) is 31.7 Å². The fourth-order valence-corrected chi connectivity index (χ4v) is 3.64. The minimum Gasteiger partial charge on any atom is -0.396 e. The fraction of sp³-hybridized carbons (Fsp3) is 0.267. The second-order valence-corrected chi connectivity index (χ2v) is 6.99. The van der Waals surface area contributed by atoms with Crippen LogP contribution in [0, 0.1) is 6.92 Å². The Balaban J connectivity index is 2.46. The van der Waals surface area contributed by atoms with E-state index in [0.717, 1.165) is 0 Å². The smallest absolute Gasteiger partial charge is 0.265 e. The number of benzene rings is 1. The Morgan fingerprint density at radius 1 is 1.27 bits per heavy atom. The average Bonchev–Trinajstić information content (AvgIpc) is 2.51. The van der Waals surface area contributed by atoms with Crippen molar-refractivity contribution in [3.05, 3.63) is 53.3 Å². The lowest BCUT2D eigenvalue weighted by atomic mass is 10.3. The van der Waals surface area contributed by atoms with Crippen LogP contribution in [0.15, 0.2) is 47.5 Å². The van der Waals surface area contributed by atoms with Crippen LogP contribution >= 0.6 is 11.6 Å². The molecule has 0 spiro atoms. The molecule has 7 heteroatoms. The first kappa shape index (κ1) is 16.7. The predicted molar refractivity (Wildman–Crippen MR) is 86.7 cm³/mol. The summed E-state index contributed by atoms with van der Waals surface area (Å²) in [5.41, 5.74) is 1.14. The molecule has 0 amide bonds. The summed E-state index contributed by atoms with van der Waals surface area (Å²) in [6.07, 6.45) is 1.59. The number of hydrogen-bond donors (Lipinski definition) is 1. The molecule has 2 rings (SSSR count). The summed E-state index contributed by atoms with van der Waals surface area (Å²) in [4.78, 5) is 3.99. The van der Waals surface area contributed by atoms with Crippen LogP contribution in [0.3, 0.4) is 0 Å². The summed E-state index contributed by atoms with van der Waals surface area (Å²) < 4.78 is 27.0. The normalized spacial score (nSPS) is 11.4. The first-order valence-electron chi connectivity index (χ1n) is 6.77. The molecule has 0 aliphatic heterocycles. The van der Waals surface area contributed by atoms with Crippen molar-refractivity contribution in [3.8, 4) is 0 Å². The molecule has 1 N–H and O–H groups in total. The molecule has 0 saturated heterocycles. The van der Waals surface area contributed by atoms with E-state index in [-0.39, 0.29) is 23.2 Å². The van der Waals surface area contributed by atoms with E-state index in [2.05, 4.69) is 4.98 Å². The molecule has 118 valence electrons. The van der Waals surface area contributed by atoms with Crippen LogP contribution < -0.4 is 4.31 Å². The number of aromatic nitrogens is 1. The highest BCUT2D eigenvalue weighted by molar-refractivity contribution is 7.92. The van der Waals surface area contributed by atoms with Gasteiger partial charge in [-0.2, -0.15) is 0 Å². The number of aliphatic hydroxyl groups excluding tert-OH is 1. The number of anilines is 1. The molecule has 0 saturated carbocycles. The lowest BCUT2D eigenvalue weighted by Gasteiger charge is -2.24. The maximum absolute atomic E-state index is 12.9. The third-order valence-electron chi connectivity index (χ3n) is 3.14. The van der Waals surface area contributed by atoms with E-state index < -0.39 is 10.0 Å². The summed E-state index contributed by atoms with van der Waals surface area (Å²) in [5.74, 6) is 0. The van der Waals surface area contributed by atoms with Crippen LogP contribution in [0.4, 0.5) is 5.69 Å². The van der Waals surface area contributed by atoms with Gasteiger partial charge in [0, 0.05) is 19.3 Å². The van der Waals surface area contributed by atoms with Crippen LogP contribution in [0.25, 0.3) is 0 Å². The number of hydrogen-bond acceptors (Lipinski definition) is 4. The van der Waals surface area contributed by atoms with Gasteiger partial charge in [-0.1, -0.05) is 29.8 Å². The third-order valence-corrected chi connectivity index (χ3v) is 5.33. The first-order valence-corrected chi connectivity index (χ1v) is 8.59. The van der Waals surface area contributed by atoms with E-state index in [9.17, 15) is 8.42 Å². The fourth-order valence-electron chi connectivity index (χ4n) is 2.00. The molecule has 5 nitrogen and oxygen atoms in total. The second-order valence-electron chi connectivity index (χ2n) is 4.77. The maximum atomic E-state index is 12.9. The minimum absolute atomic E-state index is 0.0798. The van der Waals surface area contributed by atoms with Gasteiger partial charge in [0.2, 0.25) is 0 Å². The van der Waals surface area contributed by atoms with Crippen molar-refractivity contribution in [2.45, 2.75) is 18.2 Å². The van der Waals surface area contributed by atoms with Crippen molar-refractivity contribution in [3.63, 3.8) is 0 Å². The van der Waals surface area contributed by atoms with Crippen molar-refractivity contribution < 1.29 is 13.5 Å². The van der Waals surface area contributed by atoms with E-state index in [4.69, 9.17) is 16.7 Å². The predicted octanol–water partition coefficient (Wildman–Crippen LogP) is 2.62. The average molecular weight is 341 g/mol. The number of para-hydroxylation sites is 1. The zero-order chi connectivity index (χ0) is 16.2. The Bertz CT molecular complexity index is 736. The van der Waals surface area contributed by atoms with Gasteiger partial charge in [-0.15, -0.1) is 0 Å². The molecule has 2 aromatic rings. The zero-order valence-corrected chi connectivity index (χ0v) is 13.7. The van der Waals surface area contributed by atoms with Gasteiger partial charge >= 0.3 is 0 Å². The highest BCUT2D eigenvalue weighted by Gasteiger charge is 2.25. The molecule has 1 aromatic carbocycles. The van der Waals surface area contributed by atoms with E-state index >= 15 is 0 Å². The maximum Gasteiger partial charge on any atom is 0.265 e. The molecular weight excluding hydrogens is 324 g/mol. The molecule has 1 heterocycles. The van der Waals surface area contributed by atoms with Crippen LogP contribution in [0.2, 0.25) is 5.15 Å². The van der Waals surface area contributed by atoms with Crippen LogP contribution in [0.1, 0.15) is 12.0 Å². The van der Waals surface area contributed by atoms with Crippen molar-refractivity contribution in [2.24, 2.45) is 0 Å². The number of aryl methyl sites for hydroxylation is 1. The first-order chi connectivity index (χ1) is 10.5. The number of pyridine rings is 1. The monoisotopic (exact) mass is 340 g/mol. The van der Waals surface area contributed by atoms with Crippen molar-refractivity contribution in [1.29, 1.82) is 0 Å². The van der Waals surface area contributed by atoms with Gasteiger partial charge in [0.05, 0.1) is 5.69 Å². The molecular formula is C15H17ClN2O3S. The topological polar surface area (TPSA) is 70.5 Å². The van der Waals surface area contributed by atoms with Gasteiger partial charge < -0.3 is 5.11 Å². The van der Waals surface area contributed by atoms with Gasteiger partial charge in [0.25, 0.3) is 10.0 Å². The van der Waals surface area contributed by atoms with E-state index in [1.807, 2.05) is 6.07 Å². The van der Waals surface area contributed by atoms with Gasteiger partial charge in [0.1, 0.15) is 10.0 Å². The Morgan fingerprint density at radius 2 is 1.95 bits per heavy atom. The molecule has 22 heavy (non-hydrogen) atoms. The van der Waals surface area contributed by atoms with Gasteiger partial charge in [-0.3, -0.25) is 4.31 Å². The van der Waals surface area contributed by atoms with Gasteiger partial charge in [-0.25, -0.2) is 13.4 Å². The zero-order valence-electron chi connectivity index (χ0n) is 12.1. The number of rotatable bonds is 6. The van der Waals surface area contributed by atoms with E-state index in [1.165, 1.54) is 16.6 Å². The molecule has 0 radical (unpaired) electrons. The Hall–Kier alpha value is -1.63. The lowest BCUT2D eigenvalue weighted by Crippen LogP contribution is -2.32. The van der Waals surface area contributed by atoms with Crippen molar-refractivity contribution >= 4 is 27.3 Å². The number of halogens is 1. The van der Waals surface area contributed by atoms with Gasteiger partial charge in [-0.05, 0) is 37.1 Å². The highest BCUT2D eigenvalue weighted by atomic mass is 35.5. The SMILES string of the molecule is Cc1cc(S(=O)(=O)N(CCCO)c2ccccc2)cnc1Cl. The van der Waals surface area contributed by atoms with Crippen molar-refractivity contribution in [1.82, 2.24) is 4.98 Å². The van der Waals surface area contributed by atoms with E-state index in [1.54, 1.807) is 31.2 Å². The molecule has 0 fully saturated rings. The summed E-state index contributed by atoms with van der Waals surface area (Å²) in [5, 5.41) is 9.31. The summed E-state index contributed by atoms with van der Waals surface area (Å²) in [7, 11) is -3.76. The molecule has 0 aliphatic rings. The Kier molecular flexibility index (Phi) is 5.39. The Labute approximate surface area is 135 Å².